The van der Waals surface area contributed by atoms with E-state index >= 15 is 0 Å². The van der Waals surface area contributed by atoms with Crippen LogP contribution in [-0.2, 0) is 23.9 Å². The van der Waals surface area contributed by atoms with Gasteiger partial charge in [-0.1, -0.05) is 23.7 Å². The number of allylic oxidation sites excluding steroid dienone is 1. The molecule has 3 aliphatic rings. The molecule has 1 N–H and O–H groups in total. The van der Waals surface area contributed by atoms with E-state index in [0.717, 1.165) is 5.56 Å². The van der Waals surface area contributed by atoms with Gasteiger partial charge in [0.05, 0.1) is 13.0 Å². The van der Waals surface area contributed by atoms with Gasteiger partial charge in [-0.25, -0.2) is 0 Å². The van der Waals surface area contributed by atoms with Crippen LogP contribution in [0.5, 0.6) is 0 Å². The van der Waals surface area contributed by atoms with E-state index in [1.807, 2.05) is 6.07 Å². The predicted molar refractivity (Wildman–Crippen MR) is 96.9 cm³/mol. The molecule has 0 unspecified atom stereocenters. The fourth-order valence-electron chi connectivity index (χ4n) is 4.95. The second-order valence-corrected chi connectivity index (χ2v) is 7.98. The SMILES string of the molecule is COC(=O)[C@]1(C)N[C@H](c2cccc(Cl)c2)[C@@H]2C(=O)C=C[C@@]3(CCC(=O)O3)[C@@H]21. The minimum atomic E-state index is -1.20. The molecule has 1 aromatic carbocycles. The largest absolute Gasteiger partial charge is 0.468 e. The van der Waals surface area contributed by atoms with Crippen molar-refractivity contribution >= 4 is 29.3 Å². The van der Waals surface area contributed by atoms with Crippen LogP contribution >= 0.6 is 11.6 Å². The summed E-state index contributed by atoms with van der Waals surface area (Å²) in [5.74, 6) is -2.09. The first-order valence-electron chi connectivity index (χ1n) is 8.87. The monoisotopic (exact) mass is 389 g/mol. The van der Waals surface area contributed by atoms with Gasteiger partial charge in [0.25, 0.3) is 0 Å². The van der Waals surface area contributed by atoms with E-state index in [0.29, 0.717) is 11.4 Å². The van der Waals surface area contributed by atoms with E-state index in [-0.39, 0.29) is 18.2 Å². The zero-order chi connectivity index (χ0) is 19.4. The van der Waals surface area contributed by atoms with Crippen LogP contribution in [0.15, 0.2) is 36.4 Å². The van der Waals surface area contributed by atoms with Crippen molar-refractivity contribution in [1.29, 1.82) is 0 Å². The fraction of sp³-hybridized carbons (Fsp3) is 0.450. The van der Waals surface area contributed by atoms with Gasteiger partial charge >= 0.3 is 11.9 Å². The van der Waals surface area contributed by atoms with Crippen LogP contribution in [0, 0.1) is 11.8 Å². The van der Waals surface area contributed by atoms with Crippen molar-refractivity contribution in [3.05, 3.63) is 47.0 Å². The maximum atomic E-state index is 12.9. The van der Waals surface area contributed by atoms with Gasteiger partial charge < -0.3 is 9.47 Å². The number of halogens is 1. The molecule has 0 amide bonds. The first-order chi connectivity index (χ1) is 12.8. The summed E-state index contributed by atoms with van der Waals surface area (Å²) in [6.07, 6.45) is 3.79. The molecule has 7 heteroatoms. The number of methoxy groups -OCH3 is 1. The number of fused-ring (bicyclic) bond motifs is 2. The number of ether oxygens (including phenoxy) is 2. The Morgan fingerprint density at radius 2 is 2.15 bits per heavy atom. The molecule has 142 valence electrons. The molecule has 2 aliphatic heterocycles. The lowest BCUT2D eigenvalue weighted by molar-refractivity contribution is -0.162. The summed E-state index contributed by atoms with van der Waals surface area (Å²) in [5, 5.41) is 3.85. The van der Waals surface area contributed by atoms with Crippen molar-refractivity contribution in [2.45, 2.75) is 36.9 Å². The minimum Gasteiger partial charge on any atom is -0.468 e. The van der Waals surface area contributed by atoms with Crippen molar-refractivity contribution in [3.8, 4) is 0 Å². The summed E-state index contributed by atoms with van der Waals surface area (Å²) in [5.41, 5.74) is -1.40. The quantitative estimate of drug-likeness (QED) is 0.782. The Kier molecular flexibility index (Phi) is 4.16. The molecule has 2 fully saturated rings. The number of hydrogen-bond acceptors (Lipinski definition) is 6. The van der Waals surface area contributed by atoms with E-state index in [4.69, 9.17) is 21.1 Å². The zero-order valence-corrected chi connectivity index (χ0v) is 15.8. The number of esters is 2. The molecule has 2 saturated heterocycles. The fourth-order valence-corrected chi connectivity index (χ4v) is 5.15. The Labute approximate surface area is 161 Å². The first-order valence-corrected chi connectivity index (χ1v) is 9.25. The van der Waals surface area contributed by atoms with Gasteiger partial charge in [-0.05, 0) is 36.8 Å². The van der Waals surface area contributed by atoms with Gasteiger partial charge in [-0.2, -0.15) is 0 Å². The van der Waals surface area contributed by atoms with Crippen LogP contribution in [-0.4, -0.2) is 36.0 Å². The average Bonchev–Trinajstić information content (AvgIpc) is 3.18. The number of carbonyl (C=O) groups excluding carboxylic acids is 3. The van der Waals surface area contributed by atoms with Crippen molar-refractivity contribution < 1.29 is 23.9 Å². The molecule has 27 heavy (non-hydrogen) atoms. The molecule has 4 rings (SSSR count). The van der Waals surface area contributed by atoms with Crippen molar-refractivity contribution in [2.75, 3.05) is 7.11 Å². The van der Waals surface area contributed by atoms with Crippen LogP contribution in [0.1, 0.15) is 31.4 Å². The minimum absolute atomic E-state index is 0.112. The van der Waals surface area contributed by atoms with Crippen LogP contribution in [0.4, 0.5) is 0 Å². The summed E-state index contributed by atoms with van der Waals surface area (Å²) in [4.78, 5) is 37.6. The van der Waals surface area contributed by atoms with E-state index in [1.165, 1.54) is 13.2 Å². The maximum absolute atomic E-state index is 12.9. The molecule has 1 spiro atoms. The first kappa shape index (κ1) is 18.2. The second kappa shape index (κ2) is 6.17. The predicted octanol–water partition coefficient (Wildman–Crippen LogP) is 2.36. The third kappa shape index (κ3) is 2.62. The van der Waals surface area contributed by atoms with Crippen LogP contribution in [0.2, 0.25) is 5.02 Å². The molecule has 2 heterocycles. The van der Waals surface area contributed by atoms with Crippen molar-refractivity contribution in [2.24, 2.45) is 11.8 Å². The Hall–Kier alpha value is -2.18. The molecular weight excluding hydrogens is 370 g/mol. The number of rotatable bonds is 2. The van der Waals surface area contributed by atoms with Crippen LogP contribution in [0.3, 0.4) is 0 Å². The lowest BCUT2D eigenvalue weighted by Crippen LogP contribution is -2.59. The molecule has 0 saturated carbocycles. The Bertz CT molecular complexity index is 868. The third-order valence-corrected chi connectivity index (χ3v) is 6.26. The molecule has 0 bridgehead atoms. The molecule has 1 aromatic rings. The highest BCUT2D eigenvalue weighted by Crippen LogP contribution is 2.55. The standard InChI is InChI=1S/C20H20ClNO5/c1-19(18(25)26-2)17-15(16(22-19)11-4-3-5-12(21)10-11)13(23)6-8-20(17)9-7-14(24)27-20/h3-6,8,10,15-17,22H,7,9H2,1-2H3/t15-,16+,17-,19+,20+/m0/s1. The van der Waals surface area contributed by atoms with Crippen LogP contribution in [0.25, 0.3) is 0 Å². The van der Waals surface area contributed by atoms with Crippen LogP contribution < -0.4 is 5.32 Å². The normalized spacial score (nSPS) is 37.4. The molecule has 0 aromatic heterocycles. The van der Waals surface area contributed by atoms with E-state index < -0.39 is 35.0 Å². The molecule has 6 nitrogen and oxygen atoms in total. The summed E-state index contributed by atoms with van der Waals surface area (Å²) in [6.45, 7) is 1.71. The maximum Gasteiger partial charge on any atom is 0.326 e. The number of hydrogen-bond donors (Lipinski definition) is 1. The number of carbonyl (C=O) groups is 3. The Morgan fingerprint density at radius 3 is 2.78 bits per heavy atom. The number of ketones is 1. The summed E-state index contributed by atoms with van der Waals surface area (Å²) >= 11 is 6.15. The van der Waals surface area contributed by atoms with E-state index in [2.05, 4.69) is 5.32 Å². The average molecular weight is 390 g/mol. The highest BCUT2D eigenvalue weighted by Gasteiger charge is 2.67. The van der Waals surface area contributed by atoms with Gasteiger partial charge in [-0.3, -0.25) is 19.7 Å². The van der Waals surface area contributed by atoms with Gasteiger partial charge in [0, 0.05) is 29.8 Å². The smallest absolute Gasteiger partial charge is 0.326 e. The molecule has 1 aliphatic carbocycles. The van der Waals surface area contributed by atoms with Gasteiger partial charge in [0.1, 0.15) is 11.1 Å². The Morgan fingerprint density at radius 1 is 1.37 bits per heavy atom. The highest BCUT2D eigenvalue weighted by molar-refractivity contribution is 6.30. The van der Waals surface area contributed by atoms with Crippen molar-refractivity contribution in [1.82, 2.24) is 5.32 Å². The van der Waals surface area contributed by atoms with E-state index in [9.17, 15) is 14.4 Å². The third-order valence-electron chi connectivity index (χ3n) is 6.02. The molecule has 0 radical (unpaired) electrons. The molecular formula is C20H20ClNO5. The van der Waals surface area contributed by atoms with E-state index in [1.54, 1.807) is 31.2 Å². The summed E-state index contributed by atoms with van der Waals surface area (Å²) in [6, 6.07) is 6.74. The summed E-state index contributed by atoms with van der Waals surface area (Å²) in [7, 11) is 1.31. The number of benzene rings is 1. The lowest BCUT2D eigenvalue weighted by Gasteiger charge is -2.42. The zero-order valence-electron chi connectivity index (χ0n) is 15.0. The summed E-state index contributed by atoms with van der Waals surface area (Å²) < 4.78 is 10.8. The van der Waals surface area contributed by atoms with Gasteiger partial charge in [0.15, 0.2) is 5.78 Å². The van der Waals surface area contributed by atoms with Gasteiger partial charge in [0.2, 0.25) is 0 Å². The second-order valence-electron chi connectivity index (χ2n) is 7.54. The Balaban J connectivity index is 1.88. The number of nitrogens with one attached hydrogen (secondary N) is 1. The topological polar surface area (TPSA) is 81.7 Å². The lowest BCUT2D eigenvalue weighted by atomic mass is 9.63. The molecule has 5 atom stereocenters. The highest BCUT2D eigenvalue weighted by atomic mass is 35.5. The van der Waals surface area contributed by atoms with Crippen molar-refractivity contribution in [3.63, 3.8) is 0 Å². The van der Waals surface area contributed by atoms with Gasteiger partial charge in [-0.15, -0.1) is 0 Å².